The highest BCUT2D eigenvalue weighted by Crippen LogP contribution is 2.27. The van der Waals surface area contributed by atoms with Crippen molar-refractivity contribution in [2.75, 3.05) is 13.1 Å². The van der Waals surface area contributed by atoms with Crippen LogP contribution in [0.15, 0.2) is 6.07 Å². The number of nitrogens with zero attached hydrogens (tertiary/aromatic N) is 1. The third-order valence-corrected chi connectivity index (χ3v) is 3.62. The van der Waals surface area contributed by atoms with Gasteiger partial charge in [-0.2, -0.15) is 0 Å². The molecule has 0 bridgehead atoms. The van der Waals surface area contributed by atoms with Crippen LogP contribution in [0.1, 0.15) is 15.3 Å². The maximum atomic E-state index is 12.2. The lowest BCUT2D eigenvalue weighted by atomic mass is 10.1. The Bertz CT molecular complexity index is 322. The highest BCUT2D eigenvalue weighted by molar-refractivity contribution is 7.12. The van der Waals surface area contributed by atoms with Crippen LogP contribution in [0, 0.1) is 6.92 Å². The highest BCUT2D eigenvalue weighted by atomic mass is 32.1. The molecule has 1 aliphatic rings. The summed E-state index contributed by atoms with van der Waals surface area (Å²) >= 11 is 1.80. The van der Waals surface area contributed by atoms with Crippen molar-refractivity contribution in [1.29, 1.82) is 0 Å². The number of halogens is 2. The topological polar surface area (TPSA) is 3.24 Å². The van der Waals surface area contributed by atoms with Gasteiger partial charge in [-0.05, 0) is 25.0 Å². The number of hydrogen-bond donors (Lipinski definition) is 0. The molecule has 0 amide bonds. The minimum atomic E-state index is -2.21. The van der Waals surface area contributed by atoms with Gasteiger partial charge in [0.2, 0.25) is 0 Å². The van der Waals surface area contributed by atoms with Crippen LogP contribution in [0.2, 0.25) is 0 Å². The van der Waals surface area contributed by atoms with Crippen LogP contribution in [-0.2, 0) is 13.0 Å². The van der Waals surface area contributed by atoms with Crippen molar-refractivity contribution in [1.82, 2.24) is 4.90 Å². The molecular formula is C10H13F2NS. The minimum Gasteiger partial charge on any atom is -0.293 e. The van der Waals surface area contributed by atoms with E-state index in [1.807, 2.05) is 4.90 Å². The predicted octanol–water partition coefficient (Wildman–Crippen LogP) is 2.68. The summed E-state index contributed by atoms with van der Waals surface area (Å²) in [4.78, 5) is 4.50. The van der Waals surface area contributed by atoms with Crippen molar-refractivity contribution in [3.63, 3.8) is 0 Å². The first-order valence-corrected chi connectivity index (χ1v) is 5.55. The molecule has 0 aromatic carbocycles. The molecule has 0 saturated carbocycles. The zero-order valence-electron chi connectivity index (χ0n) is 8.09. The number of aryl methyl sites for hydroxylation is 1. The number of rotatable bonds is 2. The van der Waals surface area contributed by atoms with Gasteiger partial charge < -0.3 is 0 Å². The van der Waals surface area contributed by atoms with Gasteiger partial charge in [-0.3, -0.25) is 4.90 Å². The van der Waals surface area contributed by atoms with Crippen LogP contribution < -0.4 is 0 Å². The fraction of sp³-hybridized carbons (Fsp3) is 0.600. The van der Waals surface area contributed by atoms with Crippen molar-refractivity contribution in [2.45, 2.75) is 26.3 Å². The van der Waals surface area contributed by atoms with E-state index in [1.54, 1.807) is 11.3 Å². The molecule has 0 N–H and O–H groups in total. The molecule has 1 aromatic rings. The minimum absolute atomic E-state index is 0.0890. The molecule has 2 heterocycles. The Labute approximate surface area is 86.3 Å². The second-order valence-electron chi connectivity index (χ2n) is 3.68. The summed E-state index contributed by atoms with van der Waals surface area (Å²) in [5.41, 5.74) is 1.25. The van der Waals surface area contributed by atoms with E-state index in [9.17, 15) is 8.78 Å². The molecule has 0 unspecified atom stereocenters. The summed E-state index contributed by atoms with van der Waals surface area (Å²) < 4.78 is 24.3. The van der Waals surface area contributed by atoms with E-state index in [4.69, 9.17) is 0 Å². The monoisotopic (exact) mass is 217 g/mol. The molecule has 4 heteroatoms. The third kappa shape index (κ3) is 2.12. The molecule has 1 aromatic heterocycles. The highest BCUT2D eigenvalue weighted by Gasteiger charge is 2.20. The van der Waals surface area contributed by atoms with Crippen LogP contribution >= 0.6 is 11.3 Å². The molecule has 14 heavy (non-hydrogen) atoms. The van der Waals surface area contributed by atoms with Gasteiger partial charge in [0, 0.05) is 22.8 Å². The molecule has 1 aliphatic heterocycles. The van der Waals surface area contributed by atoms with E-state index < -0.39 is 6.43 Å². The summed E-state index contributed by atoms with van der Waals surface area (Å²) in [5, 5.41) is 0. The molecule has 0 radical (unpaired) electrons. The summed E-state index contributed by atoms with van der Waals surface area (Å²) in [5.74, 6) is 0. The molecular weight excluding hydrogens is 204 g/mol. The first kappa shape index (κ1) is 10.1. The van der Waals surface area contributed by atoms with E-state index in [-0.39, 0.29) is 6.54 Å². The Morgan fingerprint density at radius 3 is 3.07 bits per heavy atom. The summed E-state index contributed by atoms with van der Waals surface area (Å²) in [7, 11) is 0. The van der Waals surface area contributed by atoms with Gasteiger partial charge in [-0.25, -0.2) is 8.78 Å². The summed E-state index contributed by atoms with van der Waals surface area (Å²) in [6.07, 6.45) is -1.28. The Kier molecular flexibility index (Phi) is 2.83. The Morgan fingerprint density at radius 1 is 1.57 bits per heavy atom. The lowest BCUT2D eigenvalue weighted by Crippen LogP contribution is -2.33. The lowest BCUT2D eigenvalue weighted by molar-refractivity contribution is 0.0824. The number of fused-ring (bicyclic) bond motifs is 1. The van der Waals surface area contributed by atoms with Crippen LogP contribution in [0.4, 0.5) is 8.78 Å². The van der Waals surface area contributed by atoms with Crippen molar-refractivity contribution in [3.05, 3.63) is 21.4 Å². The molecule has 78 valence electrons. The van der Waals surface area contributed by atoms with E-state index in [2.05, 4.69) is 13.0 Å². The fourth-order valence-electron chi connectivity index (χ4n) is 1.89. The summed E-state index contributed by atoms with van der Waals surface area (Å²) in [6, 6.07) is 2.12. The second kappa shape index (κ2) is 3.95. The van der Waals surface area contributed by atoms with E-state index in [0.717, 1.165) is 13.0 Å². The smallest absolute Gasteiger partial charge is 0.251 e. The average Bonchev–Trinajstić information content (AvgIpc) is 2.42. The van der Waals surface area contributed by atoms with Gasteiger partial charge in [0.1, 0.15) is 0 Å². The normalized spacial score (nSPS) is 17.4. The Hall–Kier alpha value is -0.480. The second-order valence-corrected chi connectivity index (χ2v) is 5.02. The first-order valence-electron chi connectivity index (χ1n) is 4.74. The van der Waals surface area contributed by atoms with Crippen molar-refractivity contribution in [2.24, 2.45) is 0 Å². The van der Waals surface area contributed by atoms with Crippen molar-refractivity contribution >= 4 is 11.3 Å². The average molecular weight is 217 g/mol. The largest absolute Gasteiger partial charge is 0.293 e. The fourth-order valence-corrected chi connectivity index (χ4v) is 2.93. The Balaban J connectivity index is 2.05. The van der Waals surface area contributed by atoms with Crippen LogP contribution in [0.25, 0.3) is 0 Å². The predicted molar refractivity (Wildman–Crippen MR) is 54.0 cm³/mol. The standard InChI is InChI=1S/C10H13F2NS/c1-7-4-8-5-13(6-10(11)12)3-2-9(8)14-7/h4,10H,2-3,5-6H2,1H3. The SMILES string of the molecule is Cc1cc2c(s1)CCN(CC(F)F)C2. The molecule has 2 rings (SSSR count). The van der Waals surface area contributed by atoms with Crippen LogP contribution in [-0.4, -0.2) is 24.4 Å². The zero-order chi connectivity index (χ0) is 10.1. The van der Waals surface area contributed by atoms with E-state index in [0.29, 0.717) is 6.54 Å². The molecule has 0 saturated heterocycles. The van der Waals surface area contributed by atoms with Gasteiger partial charge >= 0.3 is 0 Å². The number of thiophene rings is 1. The molecule has 0 spiro atoms. The number of alkyl halides is 2. The Morgan fingerprint density at radius 2 is 2.36 bits per heavy atom. The molecule has 0 atom stereocenters. The van der Waals surface area contributed by atoms with Gasteiger partial charge in [0.25, 0.3) is 6.43 Å². The maximum absolute atomic E-state index is 12.2. The zero-order valence-corrected chi connectivity index (χ0v) is 8.91. The van der Waals surface area contributed by atoms with Gasteiger partial charge in [0.15, 0.2) is 0 Å². The third-order valence-electron chi connectivity index (χ3n) is 2.47. The van der Waals surface area contributed by atoms with Crippen LogP contribution in [0.3, 0.4) is 0 Å². The van der Waals surface area contributed by atoms with Gasteiger partial charge in [-0.15, -0.1) is 11.3 Å². The van der Waals surface area contributed by atoms with Gasteiger partial charge in [-0.1, -0.05) is 0 Å². The molecule has 0 aliphatic carbocycles. The number of hydrogen-bond acceptors (Lipinski definition) is 2. The lowest BCUT2D eigenvalue weighted by Gasteiger charge is -2.26. The van der Waals surface area contributed by atoms with E-state index >= 15 is 0 Å². The molecule has 1 nitrogen and oxygen atoms in total. The van der Waals surface area contributed by atoms with Crippen LogP contribution in [0.5, 0.6) is 0 Å². The maximum Gasteiger partial charge on any atom is 0.251 e. The van der Waals surface area contributed by atoms with Gasteiger partial charge in [0.05, 0.1) is 6.54 Å². The summed E-state index contributed by atoms with van der Waals surface area (Å²) in [6.45, 7) is 3.45. The quantitative estimate of drug-likeness (QED) is 0.736. The van der Waals surface area contributed by atoms with E-state index in [1.165, 1.54) is 15.3 Å². The first-order chi connectivity index (χ1) is 6.65. The van der Waals surface area contributed by atoms with Crippen molar-refractivity contribution < 1.29 is 8.78 Å². The molecule has 0 fully saturated rings. The van der Waals surface area contributed by atoms with Crippen molar-refractivity contribution in [3.8, 4) is 0 Å².